The Kier molecular flexibility index (Phi) is 4.30. The Morgan fingerprint density at radius 3 is 2.33 bits per heavy atom. The van der Waals surface area contributed by atoms with Crippen molar-refractivity contribution in [3.63, 3.8) is 0 Å². The third-order valence-electron chi connectivity index (χ3n) is 2.77. The first-order valence-electron chi connectivity index (χ1n) is 5.55. The molecule has 0 radical (unpaired) electrons. The lowest BCUT2D eigenvalue weighted by molar-refractivity contribution is 0.175. The number of benzene rings is 1. The second kappa shape index (κ2) is 5.29. The van der Waals surface area contributed by atoms with E-state index < -0.39 is 0 Å². The van der Waals surface area contributed by atoms with E-state index >= 15 is 0 Å². The summed E-state index contributed by atoms with van der Waals surface area (Å²) in [7, 11) is 0. The molecule has 0 saturated carbocycles. The molecule has 0 spiro atoms. The van der Waals surface area contributed by atoms with Crippen LogP contribution in [0.2, 0.25) is 0 Å². The summed E-state index contributed by atoms with van der Waals surface area (Å²) in [5, 5.41) is 12.9. The Morgan fingerprint density at radius 1 is 1.27 bits per heavy atom. The van der Waals surface area contributed by atoms with Gasteiger partial charge in [0.25, 0.3) is 0 Å². The standard InChI is InChI=1S/C13H21NO/c1-4-9-14-13(3,10-15)12-7-5-11(2)6-8-12/h5-8,14-15H,4,9-10H2,1-3H3. The number of aliphatic hydroxyl groups is 1. The van der Waals surface area contributed by atoms with Gasteiger partial charge in [-0.25, -0.2) is 0 Å². The van der Waals surface area contributed by atoms with Crippen molar-refractivity contribution in [3.05, 3.63) is 35.4 Å². The van der Waals surface area contributed by atoms with Gasteiger partial charge < -0.3 is 10.4 Å². The van der Waals surface area contributed by atoms with Crippen LogP contribution >= 0.6 is 0 Å². The van der Waals surface area contributed by atoms with Gasteiger partial charge in [-0.15, -0.1) is 0 Å². The summed E-state index contributed by atoms with van der Waals surface area (Å²) < 4.78 is 0. The number of nitrogens with one attached hydrogen (secondary N) is 1. The molecule has 0 amide bonds. The molecule has 0 fully saturated rings. The molecule has 0 bridgehead atoms. The molecule has 2 heteroatoms. The minimum atomic E-state index is -0.316. The first kappa shape index (κ1) is 12.2. The van der Waals surface area contributed by atoms with E-state index in [1.54, 1.807) is 0 Å². The van der Waals surface area contributed by atoms with Crippen LogP contribution < -0.4 is 5.32 Å². The maximum Gasteiger partial charge on any atom is 0.0652 e. The van der Waals surface area contributed by atoms with Gasteiger partial charge >= 0.3 is 0 Å². The van der Waals surface area contributed by atoms with Crippen LogP contribution in [0, 0.1) is 6.92 Å². The SMILES string of the molecule is CCCNC(C)(CO)c1ccc(C)cc1. The Bertz CT molecular complexity index is 294. The van der Waals surface area contributed by atoms with Crippen molar-refractivity contribution in [3.8, 4) is 0 Å². The number of hydrogen-bond donors (Lipinski definition) is 2. The number of hydrogen-bond acceptors (Lipinski definition) is 2. The fourth-order valence-corrected chi connectivity index (χ4v) is 1.57. The molecule has 1 aromatic carbocycles. The predicted octanol–water partition coefficient (Wildman–Crippen LogP) is 2.20. The Labute approximate surface area is 92.3 Å². The lowest BCUT2D eigenvalue weighted by Gasteiger charge is -2.29. The molecule has 0 heterocycles. The van der Waals surface area contributed by atoms with Crippen molar-refractivity contribution < 1.29 is 5.11 Å². The van der Waals surface area contributed by atoms with Crippen molar-refractivity contribution in [2.45, 2.75) is 32.7 Å². The van der Waals surface area contributed by atoms with Crippen molar-refractivity contribution in [2.24, 2.45) is 0 Å². The maximum absolute atomic E-state index is 9.47. The minimum absolute atomic E-state index is 0.121. The summed E-state index contributed by atoms with van der Waals surface area (Å²) in [6.45, 7) is 7.27. The summed E-state index contributed by atoms with van der Waals surface area (Å²) in [5.41, 5.74) is 2.07. The number of aryl methyl sites for hydroxylation is 1. The fraction of sp³-hybridized carbons (Fsp3) is 0.538. The quantitative estimate of drug-likeness (QED) is 0.776. The van der Waals surface area contributed by atoms with E-state index in [0.717, 1.165) is 18.5 Å². The van der Waals surface area contributed by atoms with Gasteiger partial charge in [-0.2, -0.15) is 0 Å². The van der Waals surface area contributed by atoms with Gasteiger partial charge in [0.05, 0.1) is 12.1 Å². The van der Waals surface area contributed by atoms with E-state index in [0.29, 0.717) is 0 Å². The Balaban J connectivity index is 2.85. The Morgan fingerprint density at radius 2 is 1.87 bits per heavy atom. The normalized spacial score (nSPS) is 14.9. The molecule has 0 aromatic heterocycles. The minimum Gasteiger partial charge on any atom is -0.394 e. The van der Waals surface area contributed by atoms with Gasteiger partial charge in [0.2, 0.25) is 0 Å². The van der Waals surface area contributed by atoms with E-state index in [1.165, 1.54) is 5.56 Å². The molecule has 0 saturated heterocycles. The molecule has 1 rings (SSSR count). The zero-order valence-electron chi connectivity index (χ0n) is 9.88. The largest absolute Gasteiger partial charge is 0.394 e. The maximum atomic E-state index is 9.47. The fourth-order valence-electron chi connectivity index (χ4n) is 1.57. The molecule has 2 N–H and O–H groups in total. The zero-order chi connectivity index (χ0) is 11.3. The molecule has 1 atom stereocenters. The highest BCUT2D eigenvalue weighted by molar-refractivity contribution is 5.27. The average molecular weight is 207 g/mol. The summed E-state index contributed by atoms with van der Waals surface area (Å²) in [6.07, 6.45) is 1.07. The van der Waals surface area contributed by atoms with Gasteiger partial charge in [-0.05, 0) is 32.4 Å². The second-order valence-corrected chi connectivity index (χ2v) is 4.28. The van der Waals surface area contributed by atoms with Gasteiger partial charge in [0.15, 0.2) is 0 Å². The molecule has 1 aromatic rings. The average Bonchev–Trinajstić information content (AvgIpc) is 2.27. The molecular weight excluding hydrogens is 186 g/mol. The van der Waals surface area contributed by atoms with Gasteiger partial charge in [-0.1, -0.05) is 36.8 Å². The van der Waals surface area contributed by atoms with E-state index in [2.05, 4.69) is 43.4 Å². The molecule has 1 unspecified atom stereocenters. The topological polar surface area (TPSA) is 32.3 Å². The summed E-state index contributed by atoms with van der Waals surface area (Å²) >= 11 is 0. The molecule has 15 heavy (non-hydrogen) atoms. The van der Waals surface area contributed by atoms with Crippen LogP contribution in [0.1, 0.15) is 31.4 Å². The molecule has 84 valence electrons. The second-order valence-electron chi connectivity index (χ2n) is 4.28. The van der Waals surface area contributed by atoms with E-state index in [-0.39, 0.29) is 12.1 Å². The van der Waals surface area contributed by atoms with E-state index in [4.69, 9.17) is 0 Å². The molecule has 0 aliphatic carbocycles. The summed E-state index contributed by atoms with van der Waals surface area (Å²) in [5.74, 6) is 0. The lowest BCUT2D eigenvalue weighted by atomic mass is 9.92. The highest BCUT2D eigenvalue weighted by Crippen LogP contribution is 2.20. The van der Waals surface area contributed by atoms with Crippen LogP contribution in [0.5, 0.6) is 0 Å². The van der Waals surface area contributed by atoms with Gasteiger partial charge in [0, 0.05) is 0 Å². The molecule has 0 aliphatic heterocycles. The third kappa shape index (κ3) is 3.05. The van der Waals surface area contributed by atoms with E-state index in [9.17, 15) is 5.11 Å². The zero-order valence-corrected chi connectivity index (χ0v) is 9.88. The summed E-state index contributed by atoms with van der Waals surface area (Å²) in [6, 6.07) is 8.32. The highest BCUT2D eigenvalue weighted by atomic mass is 16.3. The third-order valence-corrected chi connectivity index (χ3v) is 2.77. The van der Waals surface area contributed by atoms with Crippen LogP contribution in [-0.2, 0) is 5.54 Å². The first-order chi connectivity index (χ1) is 7.12. The molecule has 2 nitrogen and oxygen atoms in total. The van der Waals surface area contributed by atoms with E-state index in [1.807, 2.05) is 6.92 Å². The van der Waals surface area contributed by atoms with Crippen molar-refractivity contribution in [2.75, 3.05) is 13.2 Å². The van der Waals surface area contributed by atoms with Crippen LogP contribution in [0.25, 0.3) is 0 Å². The molecule has 0 aliphatic rings. The monoisotopic (exact) mass is 207 g/mol. The Hall–Kier alpha value is -0.860. The lowest BCUT2D eigenvalue weighted by Crippen LogP contribution is -2.43. The molecular formula is C13H21NO. The van der Waals surface area contributed by atoms with Crippen molar-refractivity contribution in [1.29, 1.82) is 0 Å². The van der Waals surface area contributed by atoms with Gasteiger partial charge in [-0.3, -0.25) is 0 Å². The smallest absolute Gasteiger partial charge is 0.0652 e. The van der Waals surface area contributed by atoms with Crippen LogP contribution in [0.4, 0.5) is 0 Å². The van der Waals surface area contributed by atoms with Gasteiger partial charge in [0.1, 0.15) is 0 Å². The summed E-state index contributed by atoms with van der Waals surface area (Å²) in [4.78, 5) is 0. The number of aliphatic hydroxyl groups excluding tert-OH is 1. The van der Waals surface area contributed by atoms with Crippen LogP contribution in [0.3, 0.4) is 0 Å². The number of rotatable bonds is 5. The van der Waals surface area contributed by atoms with Crippen molar-refractivity contribution in [1.82, 2.24) is 5.32 Å². The first-order valence-corrected chi connectivity index (χ1v) is 5.55. The highest BCUT2D eigenvalue weighted by Gasteiger charge is 2.24. The predicted molar refractivity (Wildman–Crippen MR) is 63.9 cm³/mol. The van der Waals surface area contributed by atoms with Crippen molar-refractivity contribution >= 4 is 0 Å². The van der Waals surface area contributed by atoms with Crippen LogP contribution in [-0.4, -0.2) is 18.3 Å². The van der Waals surface area contributed by atoms with Crippen LogP contribution in [0.15, 0.2) is 24.3 Å².